The normalized spacial score (nSPS) is 17.5. The second-order valence-corrected chi connectivity index (χ2v) is 6.47. The molecule has 1 aromatic carbocycles. The van der Waals surface area contributed by atoms with E-state index in [1.54, 1.807) is 6.07 Å². The predicted octanol–water partition coefficient (Wildman–Crippen LogP) is 2.33. The molecule has 2 amide bonds. The fourth-order valence-electron chi connectivity index (χ4n) is 2.17. The van der Waals surface area contributed by atoms with E-state index in [4.69, 9.17) is 4.74 Å². The van der Waals surface area contributed by atoms with Gasteiger partial charge in [0.25, 0.3) is 5.91 Å². The molecule has 114 valence electrons. The number of carbonyl (C=O) groups is 2. The first-order chi connectivity index (χ1) is 9.85. The van der Waals surface area contributed by atoms with Gasteiger partial charge in [-0.3, -0.25) is 9.59 Å². The Balaban J connectivity index is 1.82. The second-order valence-electron chi connectivity index (χ2n) is 6.47. The maximum absolute atomic E-state index is 11.9. The van der Waals surface area contributed by atoms with Crippen LogP contribution in [0.5, 0.6) is 5.75 Å². The third-order valence-corrected chi connectivity index (χ3v) is 3.13. The molecule has 1 unspecified atom stereocenters. The Morgan fingerprint density at radius 1 is 1.33 bits per heavy atom. The first-order valence-corrected chi connectivity index (χ1v) is 7.18. The highest BCUT2D eigenvalue weighted by Crippen LogP contribution is 2.29. The molecule has 1 aromatic rings. The Hall–Kier alpha value is -2.04. The lowest BCUT2D eigenvalue weighted by atomic mass is 9.92. The molecule has 1 aliphatic rings. The number of ether oxygens (including phenoxy) is 1. The summed E-state index contributed by atoms with van der Waals surface area (Å²) in [6.07, 6.45) is 0.360. The van der Waals surface area contributed by atoms with Crippen LogP contribution in [0.15, 0.2) is 24.3 Å². The molecule has 0 aliphatic carbocycles. The minimum absolute atomic E-state index is 0.000817. The molecular formula is C16H22N2O3. The molecule has 1 atom stereocenters. The quantitative estimate of drug-likeness (QED) is 0.894. The molecule has 0 bridgehead atoms. The molecule has 0 aromatic heterocycles. The predicted molar refractivity (Wildman–Crippen MR) is 81.2 cm³/mol. The van der Waals surface area contributed by atoms with Gasteiger partial charge in [-0.15, -0.1) is 0 Å². The maximum Gasteiger partial charge on any atom is 0.265 e. The fraction of sp³-hybridized carbons (Fsp3) is 0.500. The van der Waals surface area contributed by atoms with Gasteiger partial charge >= 0.3 is 0 Å². The van der Waals surface area contributed by atoms with Crippen LogP contribution in [0.4, 0.5) is 5.69 Å². The average molecular weight is 290 g/mol. The monoisotopic (exact) mass is 290 g/mol. The van der Waals surface area contributed by atoms with Gasteiger partial charge < -0.3 is 15.4 Å². The second kappa shape index (κ2) is 6.16. The van der Waals surface area contributed by atoms with Gasteiger partial charge in [0.2, 0.25) is 5.91 Å². The van der Waals surface area contributed by atoms with Crippen LogP contribution in [0.3, 0.4) is 0 Å². The number of amides is 2. The summed E-state index contributed by atoms with van der Waals surface area (Å²) in [5.41, 5.74) is 0.650. The van der Waals surface area contributed by atoms with Crippen molar-refractivity contribution in [3.63, 3.8) is 0 Å². The van der Waals surface area contributed by atoms with Gasteiger partial charge in [0.15, 0.2) is 6.10 Å². The first-order valence-electron chi connectivity index (χ1n) is 7.18. The highest BCUT2D eigenvalue weighted by atomic mass is 16.5. The molecule has 0 fully saturated rings. The molecule has 21 heavy (non-hydrogen) atoms. The van der Waals surface area contributed by atoms with Crippen molar-refractivity contribution < 1.29 is 14.3 Å². The fourth-order valence-corrected chi connectivity index (χ4v) is 2.17. The lowest BCUT2D eigenvalue weighted by Gasteiger charge is -2.26. The summed E-state index contributed by atoms with van der Waals surface area (Å²) in [5.74, 6) is 0.501. The van der Waals surface area contributed by atoms with Crippen molar-refractivity contribution in [2.45, 2.75) is 39.7 Å². The number of hydrogen-bond acceptors (Lipinski definition) is 3. The van der Waals surface area contributed by atoms with E-state index in [1.807, 2.05) is 39.0 Å². The molecule has 5 nitrogen and oxygen atoms in total. The van der Waals surface area contributed by atoms with Crippen molar-refractivity contribution in [2.24, 2.45) is 5.41 Å². The Bertz CT molecular complexity index is 535. The number of carbonyl (C=O) groups excluding carboxylic acids is 2. The van der Waals surface area contributed by atoms with Gasteiger partial charge in [0.1, 0.15) is 5.75 Å². The van der Waals surface area contributed by atoms with Gasteiger partial charge in [-0.25, -0.2) is 0 Å². The van der Waals surface area contributed by atoms with Crippen LogP contribution in [-0.4, -0.2) is 24.5 Å². The van der Waals surface area contributed by atoms with E-state index in [0.717, 1.165) is 0 Å². The van der Waals surface area contributed by atoms with Crippen molar-refractivity contribution in [2.75, 3.05) is 11.9 Å². The summed E-state index contributed by atoms with van der Waals surface area (Å²) < 4.78 is 5.66. The van der Waals surface area contributed by atoms with Crippen LogP contribution in [0.1, 0.15) is 33.6 Å². The largest absolute Gasteiger partial charge is 0.478 e. The standard InChI is InChI=1S/C16H22N2O3/c1-16(2,3)10-14(19)17-9-8-13-15(20)18-11-6-4-5-7-12(11)21-13/h4-7,13H,8-10H2,1-3H3,(H,17,19)(H,18,20). The van der Waals surface area contributed by atoms with Crippen molar-refractivity contribution >= 4 is 17.5 Å². The highest BCUT2D eigenvalue weighted by molar-refractivity contribution is 5.97. The first kappa shape index (κ1) is 15.4. The molecule has 0 saturated heterocycles. The van der Waals surface area contributed by atoms with Crippen LogP contribution >= 0.6 is 0 Å². The number of nitrogens with one attached hydrogen (secondary N) is 2. The maximum atomic E-state index is 11.9. The van der Waals surface area contributed by atoms with Crippen molar-refractivity contribution in [3.05, 3.63) is 24.3 Å². The van der Waals surface area contributed by atoms with E-state index in [0.29, 0.717) is 30.8 Å². The van der Waals surface area contributed by atoms with Gasteiger partial charge in [-0.2, -0.15) is 0 Å². The van der Waals surface area contributed by atoms with Gasteiger partial charge in [0.05, 0.1) is 5.69 Å². The Morgan fingerprint density at radius 2 is 2.05 bits per heavy atom. The molecule has 0 saturated carbocycles. The number of hydrogen-bond donors (Lipinski definition) is 2. The minimum Gasteiger partial charge on any atom is -0.478 e. The van der Waals surface area contributed by atoms with E-state index in [1.165, 1.54) is 0 Å². The zero-order chi connectivity index (χ0) is 15.5. The molecule has 0 spiro atoms. The van der Waals surface area contributed by atoms with Crippen LogP contribution in [0.25, 0.3) is 0 Å². The number of benzene rings is 1. The smallest absolute Gasteiger partial charge is 0.265 e. The zero-order valence-electron chi connectivity index (χ0n) is 12.7. The molecule has 1 aliphatic heterocycles. The van der Waals surface area contributed by atoms with Crippen LogP contribution in [-0.2, 0) is 9.59 Å². The number of anilines is 1. The molecule has 0 radical (unpaired) electrons. The summed E-state index contributed by atoms with van der Waals surface area (Å²) in [6, 6.07) is 7.32. The lowest BCUT2D eigenvalue weighted by Crippen LogP contribution is -2.40. The minimum atomic E-state index is -0.560. The van der Waals surface area contributed by atoms with Crippen molar-refractivity contribution in [3.8, 4) is 5.75 Å². The SMILES string of the molecule is CC(C)(C)CC(=O)NCCC1Oc2ccccc2NC1=O. The zero-order valence-corrected chi connectivity index (χ0v) is 12.7. The number of para-hydroxylation sites is 2. The van der Waals surface area contributed by atoms with E-state index >= 15 is 0 Å². The lowest BCUT2D eigenvalue weighted by molar-refractivity contribution is -0.125. The van der Waals surface area contributed by atoms with E-state index in [2.05, 4.69) is 10.6 Å². The number of fused-ring (bicyclic) bond motifs is 1. The van der Waals surface area contributed by atoms with Crippen LogP contribution in [0.2, 0.25) is 0 Å². The Labute approximate surface area is 125 Å². The third-order valence-electron chi connectivity index (χ3n) is 3.13. The van der Waals surface area contributed by atoms with Gasteiger partial charge in [-0.05, 0) is 17.5 Å². The molecular weight excluding hydrogens is 268 g/mol. The average Bonchev–Trinajstić information content (AvgIpc) is 2.37. The van der Waals surface area contributed by atoms with E-state index < -0.39 is 6.10 Å². The van der Waals surface area contributed by atoms with Gasteiger partial charge in [-0.1, -0.05) is 32.9 Å². The van der Waals surface area contributed by atoms with Crippen molar-refractivity contribution in [1.82, 2.24) is 5.32 Å². The Morgan fingerprint density at radius 3 is 2.76 bits per heavy atom. The number of rotatable bonds is 4. The molecule has 2 rings (SSSR count). The van der Waals surface area contributed by atoms with E-state index in [9.17, 15) is 9.59 Å². The van der Waals surface area contributed by atoms with Crippen LogP contribution in [0, 0.1) is 5.41 Å². The summed E-state index contributed by atoms with van der Waals surface area (Å²) in [5, 5.41) is 5.64. The Kier molecular flexibility index (Phi) is 4.50. The van der Waals surface area contributed by atoms with Gasteiger partial charge in [0, 0.05) is 19.4 Å². The van der Waals surface area contributed by atoms with Crippen LogP contribution < -0.4 is 15.4 Å². The summed E-state index contributed by atoms with van der Waals surface area (Å²) in [6.45, 7) is 6.47. The third kappa shape index (κ3) is 4.48. The summed E-state index contributed by atoms with van der Waals surface area (Å²) in [7, 11) is 0. The van der Waals surface area contributed by atoms with E-state index in [-0.39, 0.29) is 17.2 Å². The molecule has 2 N–H and O–H groups in total. The highest BCUT2D eigenvalue weighted by Gasteiger charge is 2.27. The summed E-state index contributed by atoms with van der Waals surface area (Å²) >= 11 is 0. The molecule has 5 heteroatoms. The van der Waals surface area contributed by atoms with Crippen molar-refractivity contribution in [1.29, 1.82) is 0 Å². The topological polar surface area (TPSA) is 67.4 Å². The molecule has 1 heterocycles. The summed E-state index contributed by atoms with van der Waals surface area (Å²) in [4.78, 5) is 23.6.